The lowest BCUT2D eigenvalue weighted by Crippen LogP contribution is -1.88. The van der Waals surface area contributed by atoms with Gasteiger partial charge < -0.3 is 0 Å². The van der Waals surface area contributed by atoms with E-state index in [1.807, 2.05) is 38.2 Å². The molecule has 14 heavy (non-hydrogen) atoms. The van der Waals surface area contributed by atoms with Crippen molar-refractivity contribution in [1.82, 2.24) is 0 Å². The van der Waals surface area contributed by atoms with Gasteiger partial charge in [0.1, 0.15) is 0 Å². The molecule has 74 valence electrons. The Bertz CT molecular complexity index is 272. The molecule has 0 fully saturated rings. The standard InChI is InChI=1S/C12H16N2/c1-5-9-11(7-3)13-14-12(8-4)10-6-2/h5-10H,3-4H2,1-2H3/b9-5-,10-6-,13-11+,14-12+. The number of hydrogen-bond donors (Lipinski definition) is 0. The summed E-state index contributed by atoms with van der Waals surface area (Å²) in [7, 11) is 0. The van der Waals surface area contributed by atoms with Crippen LogP contribution in [0.1, 0.15) is 13.8 Å². The van der Waals surface area contributed by atoms with Crippen molar-refractivity contribution >= 4 is 11.4 Å². The van der Waals surface area contributed by atoms with Crippen molar-refractivity contribution in [3.8, 4) is 0 Å². The van der Waals surface area contributed by atoms with Crippen molar-refractivity contribution in [2.45, 2.75) is 13.8 Å². The molecular formula is C12H16N2. The van der Waals surface area contributed by atoms with E-state index >= 15 is 0 Å². The van der Waals surface area contributed by atoms with Crippen molar-refractivity contribution < 1.29 is 0 Å². The monoisotopic (exact) mass is 188 g/mol. The van der Waals surface area contributed by atoms with Crippen molar-refractivity contribution in [3.05, 3.63) is 49.6 Å². The van der Waals surface area contributed by atoms with Gasteiger partial charge in [0.15, 0.2) is 0 Å². The normalized spacial score (nSPS) is 13.9. The molecule has 0 heterocycles. The topological polar surface area (TPSA) is 24.7 Å². The first-order valence-corrected chi connectivity index (χ1v) is 4.44. The summed E-state index contributed by atoms with van der Waals surface area (Å²) < 4.78 is 0. The SMILES string of the molecule is C=CC(/C=C\C)=N\N=C(C=C)\C=C/C. The molecule has 0 radical (unpaired) electrons. The Morgan fingerprint density at radius 1 is 0.857 bits per heavy atom. The van der Waals surface area contributed by atoms with Crippen molar-refractivity contribution in [2.24, 2.45) is 10.2 Å². The molecule has 0 spiro atoms. The first-order valence-electron chi connectivity index (χ1n) is 4.44. The minimum absolute atomic E-state index is 0.733. The minimum atomic E-state index is 0.733. The fourth-order valence-electron chi connectivity index (χ4n) is 0.741. The highest BCUT2D eigenvalue weighted by molar-refractivity contribution is 6.06. The average Bonchev–Trinajstić information content (AvgIpc) is 2.22. The molecule has 0 aliphatic rings. The molecule has 2 heteroatoms. The van der Waals surface area contributed by atoms with Gasteiger partial charge in [0.2, 0.25) is 0 Å². The predicted octanol–water partition coefficient (Wildman–Crippen LogP) is 3.31. The van der Waals surface area contributed by atoms with E-state index in [1.165, 1.54) is 0 Å². The van der Waals surface area contributed by atoms with Crippen LogP contribution in [-0.4, -0.2) is 11.4 Å². The van der Waals surface area contributed by atoms with Crippen LogP contribution in [0.4, 0.5) is 0 Å². The lowest BCUT2D eigenvalue weighted by Gasteiger charge is -1.90. The molecule has 0 aromatic heterocycles. The van der Waals surface area contributed by atoms with Crippen LogP contribution in [0.5, 0.6) is 0 Å². The quantitative estimate of drug-likeness (QED) is 0.467. The fourth-order valence-corrected chi connectivity index (χ4v) is 0.741. The Hall–Kier alpha value is -1.70. The highest BCUT2D eigenvalue weighted by Crippen LogP contribution is 1.90. The van der Waals surface area contributed by atoms with E-state index in [0.29, 0.717) is 0 Å². The molecule has 2 nitrogen and oxygen atoms in total. The van der Waals surface area contributed by atoms with Gasteiger partial charge >= 0.3 is 0 Å². The van der Waals surface area contributed by atoms with Gasteiger partial charge in [-0.2, -0.15) is 10.2 Å². The Kier molecular flexibility index (Phi) is 6.96. The maximum atomic E-state index is 4.00. The third kappa shape index (κ3) is 5.04. The molecule has 0 N–H and O–H groups in total. The van der Waals surface area contributed by atoms with E-state index in [1.54, 1.807) is 12.2 Å². The highest BCUT2D eigenvalue weighted by atomic mass is 15.2. The summed E-state index contributed by atoms with van der Waals surface area (Å²) in [5.74, 6) is 0. The number of nitrogens with zero attached hydrogens (tertiary/aromatic N) is 2. The lowest BCUT2D eigenvalue weighted by molar-refractivity contribution is 1.25. The molecule has 0 aliphatic carbocycles. The van der Waals surface area contributed by atoms with E-state index in [9.17, 15) is 0 Å². The van der Waals surface area contributed by atoms with Crippen LogP contribution < -0.4 is 0 Å². The number of hydrogen-bond acceptors (Lipinski definition) is 2. The van der Waals surface area contributed by atoms with Crippen LogP contribution in [0.25, 0.3) is 0 Å². The van der Waals surface area contributed by atoms with E-state index in [-0.39, 0.29) is 0 Å². The Labute approximate surface area is 85.8 Å². The van der Waals surface area contributed by atoms with Gasteiger partial charge in [0, 0.05) is 0 Å². The van der Waals surface area contributed by atoms with Crippen LogP contribution in [-0.2, 0) is 0 Å². The Balaban J connectivity index is 4.77. The van der Waals surface area contributed by atoms with Crippen molar-refractivity contribution in [1.29, 1.82) is 0 Å². The Morgan fingerprint density at radius 3 is 1.43 bits per heavy atom. The minimum Gasteiger partial charge on any atom is -0.151 e. The van der Waals surface area contributed by atoms with Gasteiger partial charge in [0.25, 0.3) is 0 Å². The first kappa shape index (κ1) is 12.3. The van der Waals surface area contributed by atoms with E-state index in [4.69, 9.17) is 0 Å². The summed E-state index contributed by atoms with van der Waals surface area (Å²) >= 11 is 0. The van der Waals surface area contributed by atoms with Crippen LogP contribution in [0, 0.1) is 0 Å². The number of rotatable bonds is 5. The maximum Gasteiger partial charge on any atom is 0.0847 e. The molecule has 0 aliphatic heterocycles. The summed E-state index contributed by atoms with van der Waals surface area (Å²) in [4.78, 5) is 0. The van der Waals surface area contributed by atoms with Gasteiger partial charge in [-0.1, -0.05) is 25.3 Å². The smallest absolute Gasteiger partial charge is 0.0847 e. The second kappa shape index (κ2) is 7.92. The average molecular weight is 188 g/mol. The van der Waals surface area contributed by atoms with Crippen LogP contribution >= 0.6 is 0 Å². The lowest BCUT2D eigenvalue weighted by atomic mass is 10.3. The van der Waals surface area contributed by atoms with E-state index < -0.39 is 0 Å². The zero-order valence-electron chi connectivity index (χ0n) is 8.77. The third-order valence-electron chi connectivity index (χ3n) is 1.37. The third-order valence-corrected chi connectivity index (χ3v) is 1.37. The maximum absolute atomic E-state index is 4.00. The molecular weight excluding hydrogens is 172 g/mol. The first-order chi connectivity index (χ1) is 6.78. The van der Waals surface area contributed by atoms with E-state index in [0.717, 1.165) is 11.4 Å². The molecule has 0 aromatic carbocycles. The van der Waals surface area contributed by atoms with Gasteiger partial charge in [-0.25, -0.2) is 0 Å². The van der Waals surface area contributed by atoms with Crippen molar-refractivity contribution in [2.75, 3.05) is 0 Å². The molecule has 0 rings (SSSR count). The summed E-state index contributed by atoms with van der Waals surface area (Å²) in [6.45, 7) is 11.1. The predicted molar refractivity (Wildman–Crippen MR) is 64.9 cm³/mol. The fraction of sp³-hybridized carbons (Fsp3) is 0.167. The molecule has 0 bridgehead atoms. The van der Waals surface area contributed by atoms with Crippen molar-refractivity contribution in [3.63, 3.8) is 0 Å². The molecule has 0 atom stereocenters. The molecule has 0 aromatic rings. The summed E-state index contributed by atoms with van der Waals surface area (Å²) in [5.41, 5.74) is 1.47. The molecule has 0 unspecified atom stereocenters. The summed E-state index contributed by atoms with van der Waals surface area (Å²) in [6, 6.07) is 0. The van der Waals surface area contributed by atoms with Gasteiger partial charge in [-0.15, -0.1) is 0 Å². The van der Waals surface area contributed by atoms with Crippen LogP contribution in [0.15, 0.2) is 59.8 Å². The van der Waals surface area contributed by atoms with Gasteiger partial charge in [0.05, 0.1) is 11.4 Å². The van der Waals surface area contributed by atoms with Gasteiger partial charge in [-0.3, -0.25) is 0 Å². The van der Waals surface area contributed by atoms with Crippen LogP contribution in [0.2, 0.25) is 0 Å². The van der Waals surface area contributed by atoms with Gasteiger partial charge in [-0.05, 0) is 38.2 Å². The largest absolute Gasteiger partial charge is 0.151 e. The Morgan fingerprint density at radius 2 is 1.21 bits per heavy atom. The zero-order chi connectivity index (χ0) is 10.8. The molecule has 0 amide bonds. The second-order valence-corrected chi connectivity index (χ2v) is 2.46. The zero-order valence-corrected chi connectivity index (χ0v) is 8.77. The second-order valence-electron chi connectivity index (χ2n) is 2.46. The summed E-state index contributed by atoms with van der Waals surface area (Å²) in [6.07, 6.45) is 10.8. The van der Waals surface area contributed by atoms with E-state index in [2.05, 4.69) is 23.4 Å². The van der Waals surface area contributed by atoms with Crippen LogP contribution in [0.3, 0.4) is 0 Å². The molecule has 0 saturated carbocycles. The molecule has 0 saturated heterocycles. The summed E-state index contributed by atoms with van der Waals surface area (Å²) in [5, 5.41) is 8.00. The number of allylic oxidation sites excluding steroid dienone is 6. The highest BCUT2D eigenvalue weighted by Gasteiger charge is 1.86.